The fourth-order valence-electron chi connectivity index (χ4n) is 5.65. The Morgan fingerprint density at radius 2 is 0.677 bits per heavy atom. The number of allylic oxidation sites excluding steroid dienone is 4. The van der Waals surface area contributed by atoms with E-state index < -0.39 is 65.0 Å². The number of benzene rings is 2. The van der Waals surface area contributed by atoms with Crippen molar-refractivity contribution in [3.8, 4) is 0 Å². The standard InChI is InChI=1S/2C24H34O7S.Ca/c2*1-3-5-7-9-11-13-18-30-23(25)20-16-15-17-21(32(27,28)29)22(20)24(26)31-19-14-12-10-8-6-4-2;/h2*9-12,15-17H,3-8,13-14,18-19H2,1-2H3,(H,27,28,29);/q;;+2/p-2/b2*11-9+,12-10+;. The maximum Gasteiger partial charge on any atom is 2.00 e. The second kappa shape index (κ2) is 36.5. The Kier molecular flexibility index (Phi) is 34.4. The molecule has 0 fully saturated rings. The average Bonchev–Trinajstić information content (AvgIpc) is 3.26. The second-order valence-corrected chi connectivity index (χ2v) is 17.1. The molecule has 0 unspecified atom stereocenters. The zero-order valence-corrected chi connectivity index (χ0v) is 42.3. The van der Waals surface area contributed by atoms with Crippen LogP contribution in [0.25, 0.3) is 0 Å². The van der Waals surface area contributed by atoms with Gasteiger partial charge in [-0.2, -0.15) is 0 Å². The Bertz CT molecular complexity index is 1930. The van der Waals surface area contributed by atoms with E-state index >= 15 is 0 Å². The van der Waals surface area contributed by atoms with Gasteiger partial charge >= 0.3 is 61.6 Å². The average molecular weight is 971 g/mol. The zero-order chi connectivity index (χ0) is 47.6. The fourth-order valence-corrected chi connectivity index (χ4v) is 7.03. The van der Waals surface area contributed by atoms with Gasteiger partial charge < -0.3 is 28.1 Å². The molecule has 0 bridgehead atoms. The van der Waals surface area contributed by atoms with Crippen molar-refractivity contribution in [2.75, 3.05) is 26.4 Å². The van der Waals surface area contributed by atoms with E-state index in [0.717, 1.165) is 89.2 Å². The summed E-state index contributed by atoms with van der Waals surface area (Å²) in [5, 5.41) is 0. The van der Waals surface area contributed by atoms with Crippen molar-refractivity contribution in [2.45, 2.75) is 140 Å². The first kappa shape index (κ1) is 61.4. The van der Waals surface area contributed by atoms with Crippen LogP contribution in [0.5, 0.6) is 0 Å². The molecule has 0 spiro atoms. The minimum Gasteiger partial charge on any atom is -0.744 e. The summed E-state index contributed by atoms with van der Waals surface area (Å²) in [5.41, 5.74) is -1.78. The largest absolute Gasteiger partial charge is 2.00 e. The Morgan fingerprint density at radius 3 is 0.923 bits per heavy atom. The predicted octanol–water partition coefficient (Wildman–Crippen LogP) is 9.97. The van der Waals surface area contributed by atoms with Crippen LogP contribution in [0.1, 0.15) is 172 Å². The Labute approximate surface area is 416 Å². The molecule has 0 heterocycles. The van der Waals surface area contributed by atoms with E-state index in [1.165, 1.54) is 24.3 Å². The number of ether oxygens (including phenoxy) is 4. The molecule has 0 radical (unpaired) electrons. The summed E-state index contributed by atoms with van der Waals surface area (Å²) in [7, 11) is -10.0. The van der Waals surface area contributed by atoms with E-state index in [0.29, 0.717) is 25.7 Å². The number of hydrogen-bond acceptors (Lipinski definition) is 14. The first-order valence-corrected chi connectivity index (χ1v) is 24.9. The predicted molar refractivity (Wildman–Crippen MR) is 249 cm³/mol. The summed E-state index contributed by atoms with van der Waals surface area (Å²) in [6, 6.07) is 6.90. The van der Waals surface area contributed by atoms with Gasteiger partial charge in [-0.05, 0) is 75.6 Å². The van der Waals surface area contributed by atoms with Gasteiger partial charge in [-0.1, -0.05) is 140 Å². The number of hydrogen-bond donors (Lipinski definition) is 0. The molecule has 0 aliphatic carbocycles. The van der Waals surface area contributed by atoms with Crippen molar-refractivity contribution >= 4 is 81.9 Å². The van der Waals surface area contributed by atoms with Crippen LogP contribution in [0.2, 0.25) is 0 Å². The fraction of sp³-hybridized carbons (Fsp3) is 0.500. The molecule has 0 saturated heterocycles. The van der Waals surface area contributed by atoms with Crippen LogP contribution in [-0.4, -0.2) is 114 Å². The molecule has 0 saturated carbocycles. The van der Waals surface area contributed by atoms with Gasteiger partial charge in [-0.3, -0.25) is 0 Å². The van der Waals surface area contributed by atoms with E-state index in [9.17, 15) is 45.1 Å². The quantitative estimate of drug-likeness (QED) is 0.0178. The van der Waals surface area contributed by atoms with Gasteiger partial charge in [0.1, 0.15) is 20.2 Å². The van der Waals surface area contributed by atoms with Crippen LogP contribution in [-0.2, 0) is 39.2 Å². The smallest absolute Gasteiger partial charge is 0.744 e. The van der Waals surface area contributed by atoms with Crippen LogP contribution < -0.4 is 0 Å². The number of rotatable bonds is 30. The topological polar surface area (TPSA) is 220 Å². The van der Waals surface area contributed by atoms with Gasteiger partial charge in [-0.25, -0.2) is 36.0 Å². The van der Waals surface area contributed by atoms with E-state index in [1.54, 1.807) is 0 Å². The molecule has 0 aliphatic heterocycles. The Balaban J connectivity index is 0.00000124. The van der Waals surface area contributed by atoms with Crippen LogP contribution in [0, 0.1) is 0 Å². The molecule has 65 heavy (non-hydrogen) atoms. The second-order valence-electron chi connectivity index (χ2n) is 14.4. The van der Waals surface area contributed by atoms with E-state index in [1.807, 2.05) is 48.6 Å². The number of carbonyl (C=O) groups is 4. The molecule has 0 N–H and O–H groups in total. The Morgan fingerprint density at radius 1 is 0.431 bits per heavy atom. The van der Waals surface area contributed by atoms with Gasteiger partial charge in [0.15, 0.2) is 0 Å². The maximum atomic E-state index is 12.6. The van der Waals surface area contributed by atoms with Crippen molar-refractivity contribution < 1.29 is 64.1 Å². The molecule has 2 aromatic rings. The molecule has 2 aromatic carbocycles. The third kappa shape index (κ3) is 26.3. The third-order valence-corrected chi connectivity index (χ3v) is 10.8. The zero-order valence-electron chi connectivity index (χ0n) is 38.5. The SMILES string of the molecule is CCCC/C=C/CCOC(=O)c1cccc(S(=O)(=O)[O-])c1C(=O)OCC/C=C/CCCC.CCCC/C=C/CCOC(=O)c1cccc(S(=O)(=O)[O-])c1C(=O)OCC/C=C/CCCC.[Ca+2]. The number of carbonyl (C=O) groups excluding carboxylic acids is 4. The molecule has 0 atom stereocenters. The summed E-state index contributed by atoms with van der Waals surface area (Å²) in [5.74, 6) is -3.87. The minimum atomic E-state index is -5.00. The van der Waals surface area contributed by atoms with Gasteiger partial charge in [-0.15, -0.1) is 0 Å². The van der Waals surface area contributed by atoms with Crippen LogP contribution >= 0.6 is 0 Å². The van der Waals surface area contributed by atoms with Crippen molar-refractivity contribution in [3.63, 3.8) is 0 Å². The van der Waals surface area contributed by atoms with Gasteiger partial charge in [0.05, 0.1) is 58.5 Å². The summed E-state index contributed by atoms with van der Waals surface area (Å²) in [6.45, 7) is 8.47. The first-order valence-electron chi connectivity index (χ1n) is 22.1. The first-order chi connectivity index (χ1) is 30.6. The molecule has 2 rings (SSSR count). The van der Waals surface area contributed by atoms with Crippen LogP contribution in [0.15, 0.2) is 94.8 Å². The van der Waals surface area contributed by atoms with Crippen molar-refractivity contribution in [3.05, 3.63) is 107 Å². The van der Waals surface area contributed by atoms with Crippen LogP contribution in [0.4, 0.5) is 0 Å². The van der Waals surface area contributed by atoms with E-state index in [-0.39, 0.29) is 75.3 Å². The monoisotopic (exact) mass is 970 g/mol. The molecule has 0 aliphatic rings. The number of unbranched alkanes of at least 4 members (excludes halogenated alkanes) is 8. The van der Waals surface area contributed by atoms with Crippen molar-refractivity contribution in [1.82, 2.24) is 0 Å². The molecular formula is C48H66CaO14S2. The molecule has 14 nitrogen and oxygen atoms in total. The van der Waals surface area contributed by atoms with Gasteiger partial charge in [0.25, 0.3) is 0 Å². The van der Waals surface area contributed by atoms with E-state index in [4.69, 9.17) is 18.9 Å². The van der Waals surface area contributed by atoms with E-state index in [2.05, 4.69) is 27.7 Å². The van der Waals surface area contributed by atoms with Crippen molar-refractivity contribution in [1.29, 1.82) is 0 Å². The van der Waals surface area contributed by atoms with Gasteiger partial charge in [0.2, 0.25) is 0 Å². The summed E-state index contributed by atoms with van der Waals surface area (Å²) in [6.07, 6.45) is 29.7. The third-order valence-electron chi connectivity index (χ3n) is 9.07. The summed E-state index contributed by atoms with van der Waals surface area (Å²) in [4.78, 5) is 48.6. The Hall–Kier alpha value is -3.64. The van der Waals surface area contributed by atoms with Gasteiger partial charge in [0, 0.05) is 0 Å². The molecule has 0 amide bonds. The summed E-state index contributed by atoms with van der Waals surface area (Å²) < 4.78 is 90.6. The molecule has 17 heteroatoms. The van der Waals surface area contributed by atoms with Crippen molar-refractivity contribution in [2.24, 2.45) is 0 Å². The normalized spacial score (nSPS) is 11.7. The van der Waals surface area contributed by atoms with Crippen LogP contribution in [0.3, 0.4) is 0 Å². The molecule has 0 aromatic heterocycles. The molecular weight excluding hydrogens is 905 g/mol. The summed E-state index contributed by atoms with van der Waals surface area (Å²) >= 11 is 0. The minimum absolute atomic E-state index is 0. The maximum absolute atomic E-state index is 12.6. The molecule has 356 valence electrons. The number of esters is 4.